The van der Waals surface area contributed by atoms with E-state index in [1.807, 2.05) is 13.8 Å². The second-order valence-electron chi connectivity index (χ2n) is 10.1. The van der Waals surface area contributed by atoms with Crippen LogP contribution in [0.5, 0.6) is 5.75 Å². The van der Waals surface area contributed by atoms with Crippen LogP contribution in [0, 0.1) is 5.92 Å². The summed E-state index contributed by atoms with van der Waals surface area (Å²) in [6.07, 6.45) is 5.15. The summed E-state index contributed by atoms with van der Waals surface area (Å²) < 4.78 is 36.2. The van der Waals surface area contributed by atoms with Gasteiger partial charge in [0, 0.05) is 26.6 Å². The van der Waals surface area contributed by atoms with Crippen LogP contribution >= 0.6 is 0 Å². The molecule has 2 N–H and O–H groups in total. The molecule has 0 amide bonds. The first-order valence-electron chi connectivity index (χ1n) is 13.6. The summed E-state index contributed by atoms with van der Waals surface area (Å²) in [6, 6.07) is 4.68. The Kier molecular flexibility index (Phi) is 9.06. The van der Waals surface area contributed by atoms with Crippen LogP contribution in [0.15, 0.2) is 27.9 Å². The zero-order chi connectivity index (χ0) is 28.2. The van der Waals surface area contributed by atoms with Gasteiger partial charge in [0.2, 0.25) is 10.0 Å². The number of aromatic nitrogens is 4. The van der Waals surface area contributed by atoms with Crippen molar-refractivity contribution in [2.45, 2.75) is 70.1 Å². The molecule has 0 radical (unpaired) electrons. The molecule has 1 aliphatic rings. The normalized spacial score (nSPS) is 15.2. The highest BCUT2D eigenvalue weighted by molar-refractivity contribution is 7.89. The summed E-state index contributed by atoms with van der Waals surface area (Å²) in [6.45, 7) is 5.18. The molecule has 3 heterocycles. The molecule has 3 aromatic rings. The maximum Gasteiger partial charge on any atom is 0.303 e. The Morgan fingerprint density at radius 2 is 1.95 bits per heavy atom. The van der Waals surface area contributed by atoms with Crippen LogP contribution in [0.4, 0.5) is 0 Å². The number of rotatable bonds is 12. The number of ether oxygens (including phenoxy) is 1. The highest BCUT2D eigenvalue weighted by Gasteiger charge is 2.30. The molecule has 1 aromatic carbocycles. The third kappa shape index (κ3) is 6.33. The molecule has 2 aromatic heterocycles. The van der Waals surface area contributed by atoms with Gasteiger partial charge in [0.05, 0.1) is 22.8 Å². The van der Waals surface area contributed by atoms with Crippen LogP contribution in [0.1, 0.15) is 64.5 Å². The SMILES string of the molecule is CCCOc1ccc(S(=O)(=O)N2CCC(CCCC(=O)O)CC2)cc1-c1nc2c(CCC)nn(C)c2c(=O)[nH]1. The van der Waals surface area contributed by atoms with Gasteiger partial charge in [-0.05, 0) is 62.6 Å². The van der Waals surface area contributed by atoms with Crippen molar-refractivity contribution in [3.8, 4) is 17.1 Å². The number of carboxylic acids is 1. The quantitative estimate of drug-likeness (QED) is 0.341. The topological polar surface area (TPSA) is 147 Å². The van der Waals surface area contributed by atoms with Crippen LogP contribution in [0.3, 0.4) is 0 Å². The van der Waals surface area contributed by atoms with Crippen LogP contribution < -0.4 is 10.3 Å². The number of hydrogen-bond acceptors (Lipinski definition) is 7. The van der Waals surface area contributed by atoms with Gasteiger partial charge in [0.25, 0.3) is 5.56 Å². The monoisotopic (exact) mass is 559 g/mol. The molecule has 0 aliphatic carbocycles. The van der Waals surface area contributed by atoms with Crippen molar-refractivity contribution in [3.63, 3.8) is 0 Å². The number of nitrogens with one attached hydrogen (secondary N) is 1. The largest absolute Gasteiger partial charge is 0.493 e. The van der Waals surface area contributed by atoms with Gasteiger partial charge in [0.15, 0.2) is 5.52 Å². The third-order valence-electron chi connectivity index (χ3n) is 7.13. The zero-order valence-electron chi connectivity index (χ0n) is 22.8. The van der Waals surface area contributed by atoms with E-state index >= 15 is 0 Å². The molecule has 0 unspecified atom stereocenters. The smallest absolute Gasteiger partial charge is 0.303 e. The summed E-state index contributed by atoms with van der Waals surface area (Å²) in [5.41, 5.74) is 1.63. The molecule has 12 heteroatoms. The molecular weight excluding hydrogens is 522 g/mol. The highest BCUT2D eigenvalue weighted by Crippen LogP contribution is 2.33. The number of H-pyrrole nitrogens is 1. The van der Waals surface area contributed by atoms with Crippen LogP contribution in [-0.2, 0) is 28.3 Å². The predicted octanol–water partition coefficient (Wildman–Crippen LogP) is 3.72. The number of sulfonamides is 1. The van der Waals surface area contributed by atoms with Crippen molar-refractivity contribution < 1.29 is 23.1 Å². The van der Waals surface area contributed by atoms with E-state index in [0.29, 0.717) is 79.3 Å². The van der Waals surface area contributed by atoms with Gasteiger partial charge in [-0.2, -0.15) is 9.40 Å². The van der Waals surface area contributed by atoms with Gasteiger partial charge >= 0.3 is 5.97 Å². The van der Waals surface area contributed by atoms with Gasteiger partial charge in [-0.25, -0.2) is 13.4 Å². The van der Waals surface area contributed by atoms with Crippen LogP contribution in [-0.4, -0.2) is 63.2 Å². The fourth-order valence-electron chi connectivity index (χ4n) is 5.10. The summed E-state index contributed by atoms with van der Waals surface area (Å²) in [5, 5.41) is 13.3. The standard InChI is InChI=1S/C27H37N5O6S/c1-4-7-21-24-25(31(3)30-21)27(35)29-26(28-24)20-17-19(10-11-22(20)38-16-5-2)39(36,37)32-14-12-18(13-15-32)8-6-9-23(33)34/h10-11,17-18H,4-9,12-16H2,1-3H3,(H,33,34)(H,28,29,35). The van der Waals surface area contributed by atoms with Gasteiger partial charge in [0.1, 0.15) is 17.1 Å². The Hall–Kier alpha value is -3.25. The number of aromatic amines is 1. The second kappa shape index (κ2) is 12.3. The molecule has 0 spiro atoms. The first-order valence-corrected chi connectivity index (χ1v) is 15.0. The summed E-state index contributed by atoms with van der Waals surface area (Å²) in [5.74, 6) is 0.181. The zero-order valence-corrected chi connectivity index (χ0v) is 23.6. The molecule has 1 fully saturated rings. The Labute approximate surface area is 228 Å². The summed E-state index contributed by atoms with van der Waals surface area (Å²) in [7, 11) is -2.10. The number of piperidine rings is 1. The second-order valence-corrected chi connectivity index (χ2v) is 12.0. The van der Waals surface area contributed by atoms with Crippen molar-refractivity contribution in [2.24, 2.45) is 13.0 Å². The molecular formula is C27H37N5O6S. The van der Waals surface area contributed by atoms with E-state index in [0.717, 1.165) is 19.3 Å². The number of carboxylic acid groups (broad SMARTS) is 1. The Morgan fingerprint density at radius 3 is 2.62 bits per heavy atom. The average Bonchev–Trinajstić information content (AvgIpc) is 3.23. The van der Waals surface area contributed by atoms with Gasteiger partial charge in [-0.15, -0.1) is 0 Å². The van der Waals surface area contributed by atoms with E-state index in [2.05, 4.69) is 10.1 Å². The van der Waals surface area contributed by atoms with Crippen molar-refractivity contribution in [3.05, 3.63) is 34.2 Å². The van der Waals surface area contributed by atoms with Gasteiger partial charge in [-0.3, -0.25) is 14.3 Å². The molecule has 1 aliphatic heterocycles. The minimum Gasteiger partial charge on any atom is -0.493 e. The van der Waals surface area contributed by atoms with Crippen LogP contribution in [0.25, 0.3) is 22.4 Å². The molecule has 0 bridgehead atoms. The Morgan fingerprint density at radius 1 is 1.21 bits per heavy atom. The lowest BCUT2D eigenvalue weighted by Crippen LogP contribution is -2.38. The summed E-state index contributed by atoms with van der Waals surface area (Å²) >= 11 is 0. The minimum atomic E-state index is -3.81. The molecule has 1 saturated heterocycles. The maximum absolute atomic E-state index is 13.6. The first kappa shape index (κ1) is 28.8. The lowest BCUT2D eigenvalue weighted by atomic mass is 9.92. The number of aryl methyl sites for hydroxylation is 2. The maximum atomic E-state index is 13.6. The van der Waals surface area contributed by atoms with E-state index in [-0.39, 0.29) is 22.7 Å². The fourth-order valence-corrected chi connectivity index (χ4v) is 6.60. The van der Waals surface area contributed by atoms with Gasteiger partial charge < -0.3 is 14.8 Å². The number of hydrogen-bond donors (Lipinski definition) is 2. The number of nitrogens with zero attached hydrogens (tertiary/aromatic N) is 4. The molecule has 11 nitrogen and oxygen atoms in total. The average molecular weight is 560 g/mol. The molecule has 212 valence electrons. The van der Waals surface area contributed by atoms with Crippen molar-refractivity contribution in [1.82, 2.24) is 24.1 Å². The predicted molar refractivity (Wildman–Crippen MR) is 147 cm³/mol. The van der Waals surface area contributed by atoms with Crippen molar-refractivity contribution >= 4 is 27.0 Å². The molecule has 0 saturated carbocycles. The van der Waals surface area contributed by atoms with E-state index in [9.17, 15) is 18.0 Å². The molecule has 0 atom stereocenters. The molecule has 4 rings (SSSR count). The number of benzene rings is 1. The number of fused-ring (bicyclic) bond motifs is 1. The summed E-state index contributed by atoms with van der Waals surface area (Å²) in [4.78, 5) is 31.5. The first-order chi connectivity index (χ1) is 18.6. The van der Waals surface area contributed by atoms with E-state index < -0.39 is 16.0 Å². The lowest BCUT2D eigenvalue weighted by Gasteiger charge is -2.31. The van der Waals surface area contributed by atoms with Crippen molar-refractivity contribution in [2.75, 3.05) is 19.7 Å². The minimum absolute atomic E-state index is 0.105. The fraction of sp³-hybridized carbons (Fsp3) is 0.556. The van der Waals surface area contributed by atoms with Crippen LogP contribution in [0.2, 0.25) is 0 Å². The van der Waals surface area contributed by atoms with E-state index in [1.54, 1.807) is 13.1 Å². The Bertz CT molecular complexity index is 1490. The third-order valence-corrected chi connectivity index (χ3v) is 9.03. The highest BCUT2D eigenvalue weighted by atomic mass is 32.2. The van der Waals surface area contributed by atoms with E-state index in [1.165, 1.54) is 21.1 Å². The van der Waals surface area contributed by atoms with E-state index in [4.69, 9.17) is 14.8 Å². The lowest BCUT2D eigenvalue weighted by molar-refractivity contribution is -0.137. The van der Waals surface area contributed by atoms with Gasteiger partial charge in [-0.1, -0.05) is 20.3 Å². The Balaban J connectivity index is 1.67. The molecule has 39 heavy (non-hydrogen) atoms. The van der Waals surface area contributed by atoms with Crippen molar-refractivity contribution in [1.29, 1.82) is 0 Å². The number of carbonyl (C=O) groups is 1. The number of aliphatic carboxylic acids is 1.